The summed E-state index contributed by atoms with van der Waals surface area (Å²) in [6, 6.07) is 13.5. The van der Waals surface area contributed by atoms with E-state index in [1.54, 1.807) is 6.07 Å². The molecule has 0 saturated carbocycles. The number of amides is 2. The first-order valence-electron chi connectivity index (χ1n) is 8.70. The van der Waals surface area contributed by atoms with Crippen LogP contribution < -0.4 is 10.6 Å². The molecule has 0 radical (unpaired) electrons. The highest BCUT2D eigenvalue weighted by atomic mass is 32.1. The van der Waals surface area contributed by atoms with Crippen molar-refractivity contribution in [2.75, 3.05) is 0 Å². The summed E-state index contributed by atoms with van der Waals surface area (Å²) in [4.78, 5) is 25.5. The van der Waals surface area contributed by atoms with Gasteiger partial charge in [-0.05, 0) is 29.3 Å². The van der Waals surface area contributed by atoms with E-state index in [9.17, 15) is 14.9 Å². The van der Waals surface area contributed by atoms with Crippen LogP contribution in [0.2, 0.25) is 0 Å². The normalized spacial score (nSPS) is 12.7. The van der Waals surface area contributed by atoms with Crippen molar-refractivity contribution in [3.8, 4) is 6.07 Å². The Morgan fingerprint density at radius 3 is 2.48 bits per heavy atom. The third-order valence-electron chi connectivity index (χ3n) is 3.77. The number of nitriles is 1. The number of thiophene rings is 1. The van der Waals surface area contributed by atoms with Crippen LogP contribution >= 0.6 is 11.3 Å². The highest BCUT2D eigenvalue weighted by Gasteiger charge is 2.25. The highest BCUT2D eigenvalue weighted by molar-refractivity contribution is 7.10. The minimum Gasteiger partial charge on any atom is -0.445 e. The second-order valence-electron chi connectivity index (χ2n) is 6.47. The topological polar surface area (TPSA) is 91.2 Å². The molecule has 6 nitrogen and oxygen atoms in total. The number of carbonyl (C=O) groups is 2. The Morgan fingerprint density at radius 2 is 1.89 bits per heavy atom. The Balaban J connectivity index is 1.95. The zero-order chi connectivity index (χ0) is 19.6. The van der Waals surface area contributed by atoms with Gasteiger partial charge in [-0.15, -0.1) is 11.3 Å². The Kier molecular flexibility index (Phi) is 7.83. The molecule has 2 N–H and O–H groups in total. The quantitative estimate of drug-likeness (QED) is 0.724. The molecule has 2 aromatic rings. The van der Waals surface area contributed by atoms with Gasteiger partial charge in [-0.1, -0.05) is 50.2 Å². The lowest BCUT2D eigenvalue weighted by molar-refractivity contribution is -0.123. The number of nitrogens with zero attached hydrogens (tertiary/aromatic N) is 1. The van der Waals surface area contributed by atoms with Crippen LogP contribution in [-0.4, -0.2) is 18.0 Å². The van der Waals surface area contributed by atoms with E-state index in [0.29, 0.717) is 6.42 Å². The Bertz CT molecular complexity index is 770. The van der Waals surface area contributed by atoms with Gasteiger partial charge in [0.2, 0.25) is 5.91 Å². The van der Waals surface area contributed by atoms with Crippen molar-refractivity contribution in [3.05, 3.63) is 58.3 Å². The number of ether oxygens (including phenoxy) is 1. The van der Waals surface area contributed by atoms with E-state index in [1.165, 1.54) is 11.3 Å². The number of alkyl carbamates (subject to hydrolysis) is 1. The van der Waals surface area contributed by atoms with Crippen LogP contribution in [0.15, 0.2) is 47.8 Å². The molecular weight excluding hydrogens is 362 g/mol. The molecule has 0 spiro atoms. The maximum Gasteiger partial charge on any atom is 0.408 e. The van der Waals surface area contributed by atoms with E-state index in [0.717, 1.165) is 10.4 Å². The molecule has 0 saturated heterocycles. The number of nitrogens with one attached hydrogen (secondary N) is 2. The van der Waals surface area contributed by atoms with Crippen molar-refractivity contribution in [1.29, 1.82) is 5.26 Å². The molecule has 0 bridgehead atoms. The molecule has 1 aromatic carbocycles. The lowest BCUT2D eigenvalue weighted by Gasteiger charge is -2.21. The fraction of sp³-hybridized carbons (Fsp3) is 0.350. The molecule has 142 valence electrons. The number of hydrogen-bond donors (Lipinski definition) is 2. The van der Waals surface area contributed by atoms with E-state index >= 15 is 0 Å². The summed E-state index contributed by atoms with van der Waals surface area (Å²) in [5.74, 6) is -0.224. The summed E-state index contributed by atoms with van der Waals surface area (Å²) in [5.41, 5.74) is 0.861. The Hall–Kier alpha value is -2.85. The molecular formula is C20H23N3O3S. The Morgan fingerprint density at radius 1 is 1.15 bits per heavy atom. The second kappa shape index (κ2) is 10.3. The highest BCUT2D eigenvalue weighted by Crippen LogP contribution is 2.18. The molecule has 0 aliphatic carbocycles. The van der Waals surface area contributed by atoms with Crippen LogP contribution in [0.4, 0.5) is 4.79 Å². The van der Waals surface area contributed by atoms with E-state index in [2.05, 4.69) is 16.7 Å². The van der Waals surface area contributed by atoms with Crippen molar-refractivity contribution in [2.24, 2.45) is 5.92 Å². The minimum absolute atomic E-state index is 0.124. The monoisotopic (exact) mass is 385 g/mol. The van der Waals surface area contributed by atoms with Gasteiger partial charge in [0.25, 0.3) is 0 Å². The average Bonchev–Trinajstić information content (AvgIpc) is 3.18. The van der Waals surface area contributed by atoms with Crippen molar-refractivity contribution in [3.63, 3.8) is 0 Å². The molecule has 2 atom stereocenters. The van der Waals surface area contributed by atoms with Crippen molar-refractivity contribution >= 4 is 23.3 Å². The molecule has 7 heteroatoms. The first kappa shape index (κ1) is 20.5. The minimum atomic E-state index is -0.774. The number of hydrogen-bond acceptors (Lipinski definition) is 5. The maximum absolute atomic E-state index is 12.6. The summed E-state index contributed by atoms with van der Waals surface area (Å²) >= 11 is 1.39. The third-order valence-corrected chi connectivity index (χ3v) is 4.71. The van der Waals surface area contributed by atoms with Crippen LogP contribution in [-0.2, 0) is 16.1 Å². The summed E-state index contributed by atoms with van der Waals surface area (Å²) in [6.45, 7) is 4.04. The van der Waals surface area contributed by atoms with Crippen LogP contribution in [0.25, 0.3) is 0 Å². The number of rotatable bonds is 8. The lowest BCUT2D eigenvalue weighted by atomic mass is 10.0. The first-order valence-corrected chi connectivity index (χ1v) is 9.58. The van der Waals surface area contributed by atoms with Crippen molar-refractivity contribution < 1.29 is 14.3 Å². The van der Waals surface area contributed by atoms with Gasteiger partial charge < -0.3 is 15.4 Å². The summed E-state index contributed by atoms with van der Waals surface area (Å²) in [5, 5.41) is 16.5. The molecule has 27 heavy (non-hydrogen) atoms. The third kappa shape index (κ3) is 6.76. The smallest absolute Gasteiger partial charge is 0.408 e. The van der Waals surface area contributed by atoms with Gasteiger partial charge >= 0.3 is 6.09 Å². The SMILES string of the molecule is CC(C)C[C@H](NC(=O)OCc1ccccc1)C(=O)NC(C#N)c1cccs1. The van der Waals surface area contributed by atoms with Crippen molar-refractivity contribution in [1.82, 2.24) is 10.6 Å². The molecule has 2 rings (SSSR count). The van der Waals surface area contributed by atoms with Gasteiger partial charge in [-0.3, -0.25) is 4.79 Å². The summed E-state index contributed by atoms with van der Waals surface area (Å²) in [7, 11) is 0. The zero-order valence-corrected chi connectivity index (χ0v) is 16.2. The maximum atomic E-state index is 12.6. The van der Waals surface area contributed by atoms with Gasteiger partial charge in [0, 0.05) is 4.88 Å². The van der Waals surface area contributed by atoms with Gasteiger partial charge in [0.1, 0.15) is 12.6 Å². The lowest BCUT2D eigenvalue weighted by Crippen LogP contribution is -2.48. The largest absolute Gasteiger partial charge is 0.445 e. The molecule has 0 aliphatic rings. The molecule has 1 unspecified atom stereocenters. The number of carbonyl (C=O) groups excluding carboxylic acids is 2. The van der Waals surface area contributed by atoms with E-state index in [-0.39, 0.29) is 12.5 Å². The second-order valence-corrected chi connectivity index (χ2v) is 7.45. The predicted molar refractivity (Wildman–Crippen MR) is 104 cm³/mol. The van der Waals surface area contributed by atoms with Gasteiger partial charge in [0.05, 0.1) is 6.07 Å². The van der Waals surface area contributed by atoms with Gasteiger partial charge in [0.15, 0.2) is 6.04 Å². The van der Waals surface area contributed by atoms with E-state index in [4.69, 9.17) is 4.74 Å². The fourth-order valence-corrected chi connectivity index (χ4v) is 3.19. The van der Waals surface area contributed by atoms with Gasteiger partial charge in [-0.25, -0.2) is 4.79 Å². The molecule has 2 amide bonds. The molecule has 0 fully saturated rings. The number of benzene rings is 1. The predicted octanol–water partition coefficient (Wildman–Crippen LogP) is 3.77. The zero-order valence-electron chi connectivity index (χ0n) is 15.3. The van der Waals surface area contributed by atoms with E-state index < -0.39 is 24.1 Å². The van der Waals surface area contributed by atoms with Crippen molar-refractivity contribution in [2.45, 2.75) is 39.0 Å². The first-order chi connectivity index (χ1) is 13.0. The van der Waals surface area contributed by atoms with Crippen LogP contribution in [0, 0.1) is 17.2 Å². The van der Waals surface area contributed by atoms with Crippen LogP contribution in [0.3, 0.4) is 0 Å². The molecule has 1 heterocycles. The fourth-order valence-electron chi connectivity index (χ4n) is 2.48. The standard InChI is InChI=1S/C20H23N3O3S/c1-14(2)11-16(19(24)22-17(12-21)18-9-6-10-27-18)23-20(25)26-13-15-7-4-3-5-8-15/h3-10,14,16-17H,11,13H2,1-2H3,(H,22,24)(H,23,25)/t16-,17?/m0/s1. The van der Waals surface area contributed by atoms with Gasteiger partial charge in [-0.2, -0.15) is 5.26 Å². The van der Waals surface area contributed by atoms with E-state index in [1.807, 2.05) is 55.6 Å². The summed E-state index contributed by atoms with van der Waals surface area (Å²) < 4.78 is 5.20. The van der Waals surface area contributed by atoms with Crippen LogP contribution in [0.5, 0.6) is 0 Å². The Labute approximate surface area is 163 Å². The summed E-state index contributed by atoms with van der Waals surface area (Å²) in [6.07, 6.45) is -0.223. The average molecular weight is 385 g/mol. The van der Waals surface area contributed by atoms with Crippen LogP contribution in [0.1, 0.15) is 36.8 Å². The molecule has 0 aliphatic heterocycles. The molecule has 1 aromatic heterocycles.